The quantitative estimate of drug-likeness (QED) is 0.383. The number of hydrogen-bond donors (Lipinski definition) is 0. The fourth-order valence-corrected chi connectivity index (χ4v) is 8.56. The Morgan fingerprint density at radius 3 is 2.40 bits per heavy atom. The molecule has 9 unspecified atom stereocenters. The summed E-state index contributed by atoms with van der Waals surface area (Å²) in [4.78, 5) is 0. The molecule has 0 amide bonds. The number of fused-ring (bicyclic) bond motifs is 2. The number of rotatable bonds is 6. The molecule has 4 aliphatic rings. The summed E-state index contributed by atoms with van der Waals surface area (Å²) in [7, 11) is 0. The summed E-state index contributed by atoms with van der Waals surface area (Å²) in [5.41, 5.74) is 3.10. The third kappa shape index (κ3) is 3.67. The van der Waals surface area contributed by atoms with Gasteiger partial charge in [0.15, 0.2) is 0 Å². The van der Waals surface area contributed by atoms with Gasteiger partial charge in [-0.25, -0.2) is 0 Å². The van der Waals surface area contributed by atoms with Gasteiger partial charge in [-0.3, -0.25) is 0 Å². The Morgan fingerprint density at radius 1 is 1.00 bits per heavy atom. The Labute approximate surface area is 188 Å². The molecule has 0 bridgehead atoms. The van der Waals surface area contributed by atoms with Crippen molar-refractivity contribution < 1.29 is 0 Å². The van der Waals surface area contributed by atoms with Crippen molar-refractivity contribution in [2.45, 2.75) is 106 Å². The van der Waals surface area contributed by atoms with Crippen molar-refractivity contribution in [3.63, 3.8) is 0 Å². The van der Waals surface area contributed by atoms with Crippen molar-refractivity contribution in [3.8, 4) is 0 Å². The second-order valence-corrected chi connectivity index (χ2v) is 12.9. The van der Waals surface area contributed by atoms with E-state index in [0.29, 0.717) is 16.7 Å². The van der Waals surface area contributed by atoms with Crippen LogP contribution in [0.15, 0.2) is 23.8 Å². The average molecular weight is 411 g/mol. The van der Waals surface area contributed by atoms with Crippen LogP contribution < -0.4 is 0 Å². The van der Waals surface area contributed by atoms with Crippen LogP contribution in [0.1, 0.15) is 106 Å². The SMILES string of the molecule is CC(C)C(C)C=CC(C)C1CCC2C(=CCC34CCC3CC(C)C4C)CCCC21C. The fraction of sp³-hybridized carbons (Fsp3) is 0.867. The van der Waals surface area contributed by atoms with Gasteiger partial charge in [0.25, 0.3) is 0 Å². The lowest BCUT2D eigenvalue weighted by atomic mass is 9.56. The molecule has 170 valence electrons. The first-order chi connectivity index (χ1) is 14.2. The average Bonchev–Trinajstić information content (AvgIpc) is 3.13. The predicted molar refractivity (Wildman–Crippen MR) is 131 cm³/mol. The van der Waals surface area contributed by atoms with Crippen LogP contribution in [0.25, 0.3) is 0 Å². The van der Waals surface area contributed by atoms with Crippen molar-refractivity contribution >= 4 is 0 Å². The van der Waals surface area contributed by atoms with Gasteiger partial charge in [-0.2, -0.15) is 0 Å². The molecule has 4 rings (SSSR count). The molecule has 0 heteroatoms. The summed E-state index contributed by atoms with van der Waals surface area (Å²) in [6.07, 6.45) is 21.0. The largest absolute Gasteiger partial charge is 0.0852 e. The van der Waals surface area contributed by atoms with Gasteiger partial charge < -0.3 is 0 Å². The lowest BCUT2D eigenvalue weighted by Gasteiger charge is -2.49. The molecule has 0 aromatic carbocycles. The van der Waals surface area contributed by atoms with Crippen molar-refractivity contribution in [2.75, 3.05) is 0 Å². The molecule has 4 saturated carbocycles. The molecule has 0 heterocycles. The molecule has 0 aliphatic heterocycles. The van der Waals surface area contributed by atoms with E-state index in [2.05, 4.69) is 66.7 Å². The third-order valence-corrected chi connectivity index (χ3v) is 11.4. The van der Waals surface area contributed by atoms with E-state index < -0.39 is 0 Å². The molecular weight excluding hydrogens is 360 g/mol. The van der Waals surface area contributed by atoms with Crippen LogP contribution in [-0.4, -0.2) is 0 Å². The Bertz CT molecular complexity index is 668. The van der Waals surface area contributed by atoms with E-state index >= 15 is 0 Å². The molecule has 4 fully saturated rings. The highest BCUT2D eigenvalue weighted by Gasteiger charge is 2.56. The van der Waals surface area contributed by atoms with Crippen LogP contribution in [0.4, 0.5) is 0 Å². The van der Waals surface area contributed by atoms with E-state index in [0.717, 1.165) is 41.4 Å². The lowest BCUT2D eigenvalue weighted by molar-refractivity contribution is 0.0245. The Kier molecular flexibility index (Phi) is 6.38. The van der Waals surface area contributed by atoms with Gasteiger partial charge in [0, 0.05) is 0 Å². The van der Waals surface area contributed by atoms with Crippen molar-refractivity contribution in [1.29, 1.82) is 0 Å². The molecule has 30 heavy (non-hydrogen) atoms. The normalized spacial score (nSPS) is 46.8. The standard InChI is InChI=1S/C30H50/c1-20(2)21(3)10-11-22(4)27-12-13-28-25(9-8-16-29(27,28)7)14-17-30-18-15-26(30)19-23(5)24(30)6/h10-11,14,20-24,26-28H,8-9,12-13,15-19H2,1-7H3. The van der Waals surface area contributed by atoms with Crippen LogP contribution in [0.3, 0.4) is 0 Å². The maximum atomic E-state index is 2.81. The summed E-state index contributed by atoms with van der Waals surface area (Å²) >= 11 is 0. The smallest absolute Gasteiger partial charge is 0.0146 e. The minimum Gasteiger partial charge on any atom is -0.0852 e. The zero-order valence-electron chi connectivity index (χ0n) is 21.2. The second-order valence-electron chi connectivity index (χ2n) is 12.9. The molecule has 0 nitrogen and oxygen atoms in total. The highest BCUT2D eigenvalue weighted by atomic mass is 14.6. The molecule has 0 radical (unpaired) electrons. The molecule has 0 spiro atoms. The van der Waals surface area contributed by atoms with E-state index in [9.17, 15) is 0 Å². The molecular formula is C30H50. The first kappa shape index (κ1) is 22.7. The Balaban J connectivity index is 1.47. The highest BCUT2D eigenvalue weighted by molar-refractivity contribution is 5.21. The van der Waals surface area contributed by atoms with Gasteiger partial charge in [0.1, 0.15) is 0 Å². The molecule has 0 N–H and O–H groups in total. The van der Waals surface area contributed by atoms with Gasteiger partial charge in [0.2, 0.25) is 0 Å². The van der Waals surface area contributed by atoms with Gasteiger partial charge >= 0.3 is 0 Å². The maximum Gasteiger partial charge on any atom is -0.0146 e. The molecule has 0 saturated heterocycles. The van der Waals surface area contributed by atoms with Crippen molar-refractivity contribution in [2.24, 2.45) is 58.2 Å². The zero-order valence-corrected chi connectivity index (χ0v) is 21.2. The van der Waals surface area contributed by atoms with E-state index in [1.54, 1.807) is 0 Å². The summed E-state index contributed by atoms with van der Waals surface area (Å²) in [5.74, 6) is 6.85. The topological polar surface area (TPSA) is 0 Å². The number of hydrogen-bond acceptors (Lipinski definition) is 0. The van der Waals surface area contributed by atoms with Crippen LogP contribution in [-0.2, 0) is 0 Å². The summed E-state index contributed by atoms with van der Waals surface area (Å²) in [5, 5.41) is 0. The Hall–Kier alpha value is -0.520. The Morgan fingerprint density at radius 2 is 1.77 bits per heavy atom. The van der Waals surface area contributed by atoms with Crippen LogP contribution in [0.5, 0.6) is 0 Å². The van der Waals surface area contributed by atoms with Gasteiger partial charge in [-0.1, -0.05) is 72.3 Å². The van der Waals surface area contributed by atoms with E-state index in [-0.39, 0.29) is 0 Å². The highest BCUT2D eigenvalue weighted by Crippen LogP contribution is 2.65. The van der Waals surface area contributed by atoms with Gasteiger partial charge in [-0.05, 0) is 116 Å². The van der Waals surface area contributed by atoms with Gasteiger partial charge in [-0.15, -0.1) is 0 Å². The molecule has 0 aromatic heterocycles. The van der Waals surface area contributed by atoms with Crippen molar-refractivity contribution in [3.05, 3.63) is 23.8 Å². The zero-order chi connectivity index (χ0) is 21.7. The monoisotopic (exact) mass is 410 g/mol. The minimum atomic E-state index is 0.542. The summed E-state index contributed by atoms with van der Waals surface area (Å²) in [6, 6.07) is 0. The second kappa shape index (κ2) is 8.44. The van der Waals surface area contributed by atoms with Gasteiger partial charge in [0.05, 0.1) is 0 Å². The molecule has 0 aromatic rings. The first-order valence-electron chi connectivity index (χ1n) is 13.6. The molecule has 4 aliphatic carbocycles. The summed E-state index contributed by atoms with van der Waals surface area (Å²) < 4.78 is 0. The number of allylic oxidation sites excluding steroid dienone is 4. The molecule has 9 atom stereocenters. The predicted octanol–water partition coefficient (Wildman–Crippen LogP) is 9.08. The maximum absolute atomic E-state index is 2.81. The lowest BCUT2D eigenvalue weighted by Crippen LogP contribution is -2.40. The van der Waals surface area contributed by atoms with Crippen LogP contribution in [0.2, 0.25) is 0 Å². The minimum absolute atomic E-state index is 0.542. The van der Waals surface area contributed by atoms with E-state index in [4.69, 9.17) is 0 Å². The van der Waals surface area contributed by atoms with Crippen molar-refractivity contribution in [1.82, 2.24) is 0 Å². The fourth-order valence-electron chi connectivity index (χ4n) is 8.56. The third-order valence-electron chi connectivity index (χ3n) is 11.4. The van der Waals surface area contributed by atoms with Crippen LogP contribution in [0, 0.1) is 58.2 Å². The van der Waals surface area contributed by atoms with Crippen LogP contribution >= 0.6 is 0 Å². The summed E-state index contributed by atoms with van der Waals surface area (Å²) in [6.45, 7) is 17.4. The first-order valence-corrected chi connectivity index (χ1v) is 13.6. The van der Waals surface area contributed by atoms with E-state index in [1.165, 1.54) is 57.8 Å². The van der Waals surface area contributed by atoms with E-state index in [1.807, 2.05) is 5.57 Å².